The zero-order chi connectivity index (χ0) is 12.8. The number of hydrogen-bond acceptors (Lipinski definition) is 2. The van der Waals surface area contributed by atoms with Gasteiger partial charge in [0.25, 0.3) is 5.91 Å². The molecule has 1 N–H and O–H groups in total. The van der Waals surface area contributed by atoms with Crippen molar-refractivity contribution in [2.24, 2.45) is 0 Å². The molecule has 96 valence electrons. The molecule has 0 bridgehead atoms. The van der Waals surface area contributed by atoms with Crippen molar-refractivity contribution in [2.45, 2.75) is 26.2 Å². The van der Waals surface area contributed by atoms with Gasteiger partial charge in [0.1, 0.15) is 0 Å². The maximum absolute atomic E-state index is 11.5. The number of carbonyl (C=O) groups excluding carboxylic acids is 2. The summed E-state index contributed by atoms with van der Waals surface area (Å²) >= 11 is 0. The fourth-order valence-corrected chi connectivity index (χ4v) is 1.71. The highest BCUT2D eigenvalue weighted by molar-refractivity contribution is 5.96. The van der Waals surface area contributed by atoms with Crippen molar-refractivity contribution in [3.8, 4) is 0 Å². The number of amides is 2. The number of nitrogens with zero attached hydrogens (tertiary/aromatic N) is 1. The Morgan fingerprint density at radius 1 is 1.53 bits per heavy atom. The van der Waals surface area contributed by atoms with E-state index in [1.807, 2.05) is 4.90 Å². The van der Waals surface area contributed by atoms with Crippen LogP contribution in [-0.2, 0) is 9.59 Å². The minimum absolute atomic E-state index is 0. The van der Waals surface area contributed by atoms with Gasteiger partial charge in [-0.15, -0.1) is 0 Å². The summed E-state index contributed by atoms with van der Waals surface area (Å²) in [6.07, 6.45) is 2.40. The van der Waals surface area contributed by atoms with Crippen molar-refractivity contribution in [1.82, 2.24) is 10.2 Å². The SMILES string of the molecule is C=C(C)C(=C)C(=O)NCCCN1CCCC1=O.[HH]. The third kappa shape index (κ3) is 4.06. The lowest BCUT2D eigenvalue weighted by atomic mass is 10.1. The Balaban J connectivity index is 0.00000289. The van der Waals surface area contributed by atoms with E-state index in [1.54, 1.807) is 6.92 Å². The van der Waals surface area contributed by atoms with E-state index >= 15 is 0 Å². The molecule has 0 spiro atoms. The summed E-state index contributed by atoms with van der Waals surface area (Å²) in [6.45, 7) is 11.2. The summed E-state index contributed by atoms with van der Waals surface area (Å²) in [5.74, 6) is 0.0490. The van der Waals surface area contributed by atoms with Crippen molar-refractivity contribution >= 4 is 11.8 Å². The molecule has 0 aromatic heterocycles. The monoisotopic (exact) mass is 238 g/mol. The normalized spacial score (nSPS) is 14.9. The first-order valence-corrected chi connectivity index (χ1v) is 5.93. The molecule has 0 unspecified atom stereocenters. The Bertz CT molecular complexity index is 353. The van der Waals surface area contributed by atoms with Crippen molar-refractivity contribution in [3.05, 3.63) is 24.3 Å². The van der Waals surface area contributed by atoms with Crippen LogP contribution in [0.25, 0.3) is 0 Å². The molecule has 0 aromatic rings. The first-order chi connectivity index (χ1) is 8.02. The van der Waals surface area contributed by atoms with Gasteiger partial charge in [0.2, 0.25) is 5.91 Å². The topological polar surface area (TPSA) is 49.4 Å². The van der Waals surface area contributed by atoms with Gasteiger partial charge in [-0.05, 0) is 25.3 Å². The number of rotatable bonds is 6. The summed E-state index contributed by atoms with van der Waals surface area (Å²) < 4.78 is 0. The Morgan fingerprint density at radius 3 is 2.76 bits per heavy atom. The summed E-state index contributed by atoms with van der Waals surface area (Å²) in [5.41, 5.74) is 1.10. The zero-order valence-electron chi connectivity index (χ0n) is 10.4. The van der Waals surface area contributed by atoms with Crippen LogP contribution in [0.5, 0.6) is 0 Å². The third-order valence-electron chi connectivity index (χ3n) is 2.85. The largest absolute Gasteiger partial charge is 0.352 e. The van der Waals surface area contributed by atoms with Gasteiger partial charge in [0.15, 0.2) is 0 Å². The van der Waals surface area contributed by atoms with Crippen LogP contribution in [0.1, 0.15) is 27.6 Å². The van der Waals surface area contributed by atoms with Crippen LogP contribution in [0.2, 0.25) is 0 Å². The molecule has 4 nitrogen and oxygen atoms in total. The molecule has 0 radical (unpaired) electrons. The molecule has 0 atom stereocenters. The first-order valence-electron chi connectivity index (χ1n) is 5.93. The lowest BCUT2D eigenvalue weighted by Gasteiger charge is -2.15. The van der Waals surface area contributed by atoms with E-state index in [-0.39, 0.29) is 13.2 Å². The fourth-order valence-electron chi connectivity index (χ4n) is 1.71. The molecule has 1 aliphatic heterocycles. The van der Waals surface area contributed by atoms with Gasteiger partial charge < -0.3 is 10.2 Å². The summed E-state index contributed by atoms with van der Waals surface area (Å²) in [6, 6.07) is 0. The molecule has 1 rings (SSSR count). The Morgan fingerprint density at radius 2 is 2.24 bits per heavy atom. The minimum Gasteiger partial charge on any atom is -0.352 e. The van der Waals surface area contributed by atoms with Crippen LogP contribution in [0.4, 0.5) is 0 Å². The molecule has 1 fully saturated rings. The minimum atomic E-state index is -0.176. The summed E-state index contributed by atoms with van der Waals surface area (Å²) in [5, 5.41) is 2.77. The predicted octanol–water partition coefficient (Wildman–Crippen LogP) is 1.49. The van der Waals surface area contributed by atoms with Crippen LogP contribution in [0.3, 0.4) is 0 Å². The number of likely N-dealkylation sites (tertiary alicyclic amines) is 1. The van der Waals surface area contributed by atoms with E-state index in [0.29, 0.717) is 24.1 Å². The molecule has 4 heteroatoms. The molecule has 17 heavy (non-hydrogen) atoms. The van der Waals surface area contributed by atoms with Crippen molar-refractivity contribution in [3.63, 3.8) is 0 Å². The van der Waals surface area contributed by atoms with E-state index in [2.05, 4.69) is 18.5 Å². The van der Waals surface area contributed by atoms with E-state index in [9.17, 15) is 9.59 Å². The molecule has 0 aromatic carbocycles. The van der Waals surface area contributed by atoms with Gasteiger partial charge in [0, 0.05) is 33.1 Å². The average Bonchev–Trinajstić information content (AvgIpc) is 2.69. The number of carbonyl (C=O) groups is 2. The highest BCUT2D eigenvalue weighted by atomic mass is 16.2. The number of hydrogen-bond donors (Lipinski definition) is 1. The van der Waals surface area contributed by atoms with Crippen molar-refractivity contribution < 1.29 is 11.0 Å². The maximum atomic E-state index is 11.5. The molecule has 0 saturated carbocycles. The molecule has 2 amide bonds. The van der Waals surface area contributed by atoms with E-state index in [4.69, 9.17) is 0 Å². The third-order valence-corrected chi connectivity index (χ3v) is 2.85. The Labute approximate surface area is 104 Å². The van der Waals surface area contributed by atoms with Gasteiger partial charge in [0.05, 0.1) is 0 Å². The van der Waals surface area contributed by atoms with Gasteiger partial charge in [-0.25, -0.2) is 0 Å². The second kappa shape index (κ2) is 6.23. The maximum Gasteiger partial charge on any atom is 0.250 e. The van der Waals surface area contributed by atoms with Gasteiger partial charge in [-0.2, -0.15) is 0 Å². The van der Waals surface area contributed by atoms with Gasteiger partial charge in [-0.1, -0.05) is 13.2 Å². The molecular weight excluding hydrogens is 216 g/mol. The molecule has 1 heterocycles. The van der Waals surface area contributed by atoms with E-state index < -0.39 is 0 Å². The molecular formula is C13H22N2O2. The van der Waals surface area contributed by atoms with Crippen molar-refractivity contribution in [2.75, 3.05) is 19.6 Å². The van der Waals surface area contributed by atoms with Gasteiger partial charge in [-0.3, -0.25) is 9.59 Å². The summed E-state index contributed by atoms with van der Waals surface area (Å²) in [7, 11) is 0. The number of nitrogens with one attached hydrogen (secondary N) is 1. The van der Waals surface area contributed by atoms with Crippen LogP contribution >= 0.6 is 0 Å². The second-order valence-corrected chi connectivity index (χ2v) is 4.35. The standard InChI is InChI=1S/C13H20N2O2.H2/c1-10(2)11(3)13(17)14-7-5-9-15-8-4-6-12(15)16;/h1,3-9H2,2H3,(H,14,17);1H. The van der Waals surface area contributed by atoms with Crippen LogP contribution in [0, 0.1) is 0 Å². The lowest BCUT2D eigenvalue weighted by Crippen LogP contribution is -2.31. The predicted molar refractivity (Wildman–Crippen MR) is 69.5 cm³/mol. The Hall–Kier alpha value is -1.58. The lowest BCUT2D eigenvalue weighted by molar-refractivity contribution is -0.127. The smallest absolute Gasteiger partial charge is 0.250 e. The molecule has 1 saturated heterocycles. The first kappa shape index (κ1) is 13.5. The zero-order valence-corrected chi connectivity index (χ0v) is 10.4. The second-order valence-electron chi connectivity index (χ2n) is 4.35. The quantitative estimate of drug-likeness (QED) is 0.433. The Kier molecular flexibility index (Phi) is 4.94. The highest BCUT2D eigenvalue weighted by Crippen LogP contribution is 2.09. The van der Waals surface area contributed by atoms with Crippen LogP contribution in [0.15, 0.2) is 24.3 Å². The fraction of sp³-hybridized carbons (Fsp3) is 0.538. The average molecular weight is 238 g/mol. The highest BCUT2D eigenvalue weighted by Gasteiger charge is 2.19. The van der Waals surface area contributed by atoms with Crippen molar-refractivity contribution in [1.29, 1.82) is 0 Å². The van der Waals surface area contributed by atoms with Gasteiger partial charge >= 0.3 is 0 Å². The van der Waals surface area contributed by atoms with E-state index in [0.717, 1.165) is 25.9 Å². The van der Waals surface area contributed by atoms with Crippen LogP contribution in [-0.4, -0.2) is 36.3 Å². The molecule has 0 aliphatic carbocycles. The van der Waals surface area contributed by atoms with Crippen LogP contribution < -0.4 is 5.32 Å². The van der Waals surface area contributed by atoms with E-state index in [1.165, 1.54) is 0 Å². The summed E-state index contributed by atoms with van der Waals surface area (Å²) in [4.78, 5) is 24.7. The molecule has 1 aliphatic rings.